The molecule has 0 radical (unpaired) electrons. The zero-order valence-electron chi connectivity index (χ0n) is 12.1. The number of benzene rings is 1. The lowest BCUT2D eigenvalue weighted by atomic mass is 10.2. The van der Waals surface area contributed by atoms with E-state index in [1.165, 1.54) is 12.1 Å². The Morgan fingerprint density at radius 2 is 1.90 bits per heavy atom. The predicted octanol–water partition coefficient (Wildman–Crippen LogP) is 2.02. The minimum Gasteiger partial charge on any atom is -0.463 e. The van der Waals surface area contributed by atoms with Crippen molar-refractivity contribution in [3.05, 3.63) is 35.6 Å². The van der Waals surface area contributed by atoms with Crippen LogP contribution in [0, 0.1) is 5.82 Å². The topological polar surface area (TPSA) is 77.2 Å². The number of nitrogens with zero attached hydrogens (tertiary/aromatic N) is 4. The number of hydrogen-bond donors (Lipinski definition) is 1. The Hall–Kier alpha value is -2.44. The zero-order valence-corrected chi connectivity index (χ0v) is 12.1. The van der Waals surface area contributed by atoms with Crippen LogP contribution in [-0.4, -0.2) is 28.6 Å². The van der Waals surface area contributed by atoms with Gasteiger partial charge in [-0.05, 0) is 24.1 Å². The Kier molecular flexibility index (Phi) is 4.86. The number of nitrogen functional groups attached to an aromatic ring is 1. The van der Waals surface area contributed by atoms with Crippen molar-refractivity contribution in [2.45, 2.75) is 19.9 Å². The van der Waals surface area contributed by atoms with Gasteiger partial charge >= 0.3 is 6.01 Å². The van der Waals surface area contributed by atoms with E-state index >= 15 is 0 Å². The fraction of sp³-hybridized carbons (Fsp3) is 0.357. The van der Waals surface area contributed by atoms with Crippen LogP contribution >= 0.6 is 0 Å². The molecule has 21 heavy (non-hydrogen) atoms. The molecule has 0 bridgehead atoms. The molecule has 1 aromatic heterocycles. The van der Waals surface area contributed by atoms with Crippen LogP contribution in [0.1, 0.15) is 18.9 Å². The fourth-order valence-electron chi connectivity index (χ4n) is 1.72. The highest BCUT2D eigenvalue weighted by Gasteiger charge is 2.10. The Balaban J connectivity index is 2.12. The van der Waals surface area contributed by atoms with Crippen molar-refractivity contribution >= 4 is 11.9 Å². The van der Waals surface area contributed by atoms with E-state index in [-0.39, 0.29) is 17.8 Å². The largest absolute Gasteiger partial charge is 0.463 e. The first kappa shape index (κ1) is 15.0. The van der Waals surface area contributed by atoms with Crippen molar-refractivity contribution in [2.24, 2.45) is 0 Å². The van der Waals surface area contributed by atoms with Gasteiger partial charge in [0.25, 0.3) is 0 Å². The molecule has 0 fully saturated rings. The first-order valence-corrected chi connectivity index (χ1v) is 6.68. The Labute approximate surface area is 122 Å². The number of ether oxygens (including phenoxy) is 1. The molecule has 2 aromatic rings. The fourth-order valence-corrected chi connectivity index (χ4v) is 1.72. The SMILES string of the molecule is CCCOc1nc(N)nc(N(C)Cc2ccc(F)cc2)n1. The summed E-state index contributed by atoms with van der Waals surface area (Å²) in [4.78, 5) is 14.0. The summed E-state index contributed by atoms with van der Waals surface area (Å²) in [5.41, 5.74) is 6.60. The quantitative estimate of drug-likeness (QED) is 0.877. The number of hydrogen-bond acceptors (Lipinski definition) is 6. The third-order valence-corrected chi connectivity index (χ3v) is 2.73. The molecule has 0 amide bonds. The lowest BCUT2D eigenvalue weighted by Gasteiger charge is -2.17. The van der Waals surface area contributed by atoms with Crippen LogP contribution in [0.3, 0.4) is 0 Å². The van der Waals surface area contributed by atoms with Crippen molar-refractivity contribution < 1.29 is 9.13 Å². The van der Waals surface area contributed by atoms with Crippen molar-refractivity contribution in [1.29, 1.82) is 0 Å². The van der Waals surface area contributed by atoms with Gasteiger partial charge in [-0.2, -0.15) is 15.0 Å². The maximum Gasteiger partial charge on any atom is 0.323 e. The maximum absolute atomic E-state index is 12.9. The minimum atomic E-state index is -0.263. The molecule has 1 aromatic carbocycles. The van der Waals surface area contributed by atoms with E-state index < -0.39 is 0 Å². The third-order valence-electron chi connectivity index (χ3n) is 2.73. The van der Waals surface area contributed by atoms with E-state index in [4.69, 9.17) is 10.5 Å². The van der Waals surface area contributed by atoms with Gasteiger partial charge in [0.1, 0.15) is 5.82 Å². The monoisotopic (exact) mass is 291 g/mol. The van der Waals surface area contributed by atoms with Gasteiger partial charge in [-0.1, -0.05) is 19.1 Å². The highest BCUT2D eigenvalue weighted by atomic mass is 19.1. The summed E-state index contributed by atoms with van der Waals surface area (Å²) in [6, 6.07) is 6.47. The summed E-state index contributed by atoms with van der Waals surface area (Å²) in [5.74, 6) is 0.260. The van der Waals surface area contributed by atoms with Gasteiger partial charge in [0.05, 0.1) is 6.61 Å². The van der Waals surface area contributed by atoms with Gasteiger partial charge in [-0.15, -0.1) is 0 Å². The number of rotatable bonds is 6. The maximum atomic E-state index is 12.9. The minimum absolute atomic E-state index is 0.108. The number of aromatic nitrogens is 3. The smallest absolute Gasteiger partial charge is 0.323 e. The average molecular weight is 291 g/mol. The van der Waals surface area contributed by atoms with Crippen molar-refractivity contribution in [2.75, 3.05) is 24.3 Å². The van der Waals surface area contributed by atoms with Crippen molar-refractivity contribution in [1.82, 2.24) is 15.0 Å². The first-order chi connectivity index (χ1) is 10.1. The van der Waals surface area contributed by atoms with Gasteiger partial charge < -0.3 is 15.4 Å². The molecule has 112 valence electrons. The molecular formula is C14H18FN5O. The van der Waals surface area contributed by atoms with Gasteiger partial charge in [0, 0.05) is 13.6 Å². The van der Waals surface area contributed by atoms with Crippen LogP contribution in [-0.2, 0) is 6.54 Å². The third kappa shape index (κ3) is 4.27. The lowest BCUT2D eigenvalue weighted by Crippen LogP contribution is -2.20. The van der Waals surface area contributed by atoms with E-state index in [0.717, 1.165) is 12.0 Å². The molecular weight excluding hydrogens is 273 g/mol. The molecule has 1 heterocycles. The molecule has 0 aliphatic heterocycles. The Morgan fingerprint density at radius 3 is 2.57 bits per heavy atom. The van der Waals surface area contributed by atoms with Gasteiger partial charge in [-0.3, -0.25) is 0 Å². The highest BCUT2D eigenvalue weighted by Crippen LogP contribution is 2.15. The van der Waals surface area contributed by atoms with E-state index in [0.29, 0.717) is 19.1 Å². The van der Waals surface area contributed by atoms with Crippen LogP contribution in [0.5, 0.6) is 6.01 Å². The molecule has 7 heteroatoms. The number of nitrogens with two attached hydrogens (primary N) is 1. The summed E-state index contributed by atoms with van der Waals surface area (Å²) in [6.45, 7) is 3.04. The molecule has 0 aliphatic rings. The second-order valence-electron chi connectivity index (χ2n) is 4.61. The standard InChI is InChI=1S/C14H18FN5O/c1-3-8-21-14-18-12(16)17-13(19-14)20(2)9-10-4-6-11(15)7-5-10/h4-7H,3,8-9H2,1-2H3,(H2,16,17,18,19). The molecule has 0 saturated carbocycles. The zero-order chi connectivity index (χ0) is 15.2. The molecule has 0 unspecified atom stereocenters. The van der Waals surface area contributed by atoms with Crippen LogP contribution in [0.2, 0.25) is 0 Å². The number of halogens is 1. The second-order valence-corrected chi connectivity index (χ2v) is 4.61. The summed E-state index contributed by atoms with van der Waals surface area (Å²) >= 11 is 0. The second kappa shape index (κ2) is 6.83. The van der Waals surface area contributed by atoms with Crippen molar-refractivity contribution in [3.63, 3.8) is 0 Å². The molecule has 0 spiro atoms. The summed E-state index contributed by atoms with van der Waals surface area (Å²) in [5, 5.41) is 0. The molecule has 0 aliphatic carbocycles. The molecule has 0 saturated heterocycles. The summed E-state index contributed by atoms with van der Waals surface area (Å²) < 4.78 is 18.3. The highest BCUT2D eigenvalue weighted by molar-refractivity contribution is 5.36. The Morgan fingerprint density at radius 1 is 1.19 bits per heavy atom. The molecule has 0 atom stereocenters. The van der Waals surface area contributed by atoms with E-state index in [1.807, 2.05) is 14.0 Å². The predicted molar refractivity (Wildman–Crippen MR) is 78.5 cm³/mol. The van der Waals surface area contributed by atoms with Crippen LogP contribution in [0.25, 0.3) is 0 Å². The van der Waals surface area contributed by atoms with E-state index in [9.17, 15) is 4.39 Å². The van der Waals surface area contributed by atoms with Crippen molar-refractivity contribution in [3.8, 4) is 6.01 Å². The van der Waals surface area contributed by atoms with Gasteiger partial charge in [0.15, 0.2) is 0 Å². The van der Waals surface area contributed by atoms with Gasteiger partial charge in [-0.25, -0.2) is 4.39 Å². The van der Waals surface area contributed by atoms with Crippen LogP contribution < -0.4 is 15.4 Å². The molecule has 2 rings (SSSR count). The Bertz CT molecular complexity index is 590. The van der Waals surface area contributed by atoms with E-state index in [1.54, 1.807) is 17.0 Å². The first-order valence-electron chi connectivity index (χ1n) is 6.68. The average Bonchev–Trinajstić information content (AvgIpc) is 2.47. The summed E-state index contributed by atoms with van der Waals surface area (Å²) in [6.07, 6.45) is 0.854. The molecule has 2 N–H and O–H groups in total. The summed E-state index contributed by atoms with van der Waals surface area (Å²) in [7, 11) is 1.82. The number of anilines is 2. The normalized spacial score (nSPS) is 10.4. The molecule has 6 nitrogen and oxygen atoms in total. The lowest BCUT2D eigenvalue weighted by molar-refractivity contribution is 0.292. The van der Waals surface area contributed by atoms with Crippen LogP contribution in [0.4, 0.5) is 16.3 Å². The van der Waals surface area contributed by atoms with Crippen LogP contribution in [0.15, 0.2) is 24.3 Å². The van der Waals surface area contributed by atoms with E-state index in [2.05, 4.69) is 15.0 Å². The van der Waals surface area contributed by atoms with Gasteiger partial charge in [0.2, 0.25) is 11.9 Å².